The summed E-state index contributed by atoms with van der Waals surface area (Å²) >= 11 is 0. The summed E-state index contributed by atoms with van der Waals surface area (Å²) in [5.41, 5.74) is 0.769. The van der Waals surface area contributed by atoms with Gasteiger partial charge in [-0.25, -0.2) is 4.98 Å². The SMILES string of the molecule is Cc1ccc(-c2cnc(CC(C)C(=O)O)[nH]2)o1. The van der Waals surface area contributed by atoms with E-state index < -0.39 is 11.9 Å². The van der Waals surface area contributed by atoms with Crippen LogP contribution in [0.2, 0.25) is 0 Å². The molecule has 0 radical (unpaired) electrons. The van der Waals surface area contributed by atoms with Crippen LogP contribution in [0.4, 0.5) is 0 Å². The van der Waals surface area contributed by atoms with Crippen LogP contribution in [0.25, 0.3) is 11.5 Å². The Balaban J connectivity index is 2.13. The number of hydrogen-bond acceptors (Lipinski definition) is 3. The van der Waals surface area contributed by atoms with Gasteiger partial charge < -0.3 is 14.5 Å². The molecule has 1 unspecified atom stereocenters. The Hall–Kier alpha value is -2.04. The van der Waals surface area contributed by atoms with Crippen molar-refractivity contribution < 1.29 is 14.3 Å². The Bertz CT molecular complexity index is 527. The van der Waals surface area contributed by atoms with Crippen LogP contribution in [0.15, 0.2) is 22.7 Å². The third kappa shape index (κ3) is 2.55. The first-order valence-electron chi connectivity index (χ1n) is 5.39. The Morgan fingerprint density at radius 1 is 1.59 bits per heavy atom. The Kier molecular flexibility index (Phi) is 2.99. The molecule has 0 spiro atoms. The molecule has 0 amide bonds. The molecule has 0 aromatic carbocycles. The molecule has 0 aliphatic carbocycles. The molecule has 2 aromatic rings. The summed E-state index contributed by atoms with van der Waals surface area (Å²) in [4.78, 5) is 17.9. The molecule has 0 saturated heterocycles. The van der Waals surface area contributed by atoms with Crippen LogP contribution in [0, 0.1) is 12.8 Å². The smallest absolute Gasteiger partial charge is 0.306 e. The summed E-state index contributed by atoms with van der Waals surface area (Å²) in [5.74, 6) is 0.923. The monoisotopic (exact) mass is 234 g/mol. The van der Waals surface area contributed by atoms with Gasteiger partial charge in [0.1, 0.15) is 17.3 Å². The Morgan fingerprint density at radius 3 is 2.94 bits per heavy atom. The van der Waals surface area contributed by atoms with E-state index in [-0.39, 0.29) is 0 Å². The third-order valence-electron chi connectivity index (χ3n) is 2.56. The van der Waals surface area contributed by atoms with Gasteiger partial charge in [0.15, 0.2) is 5.76 Å². The van der Waals surface area contributed by atoms with Crippen molar-refractivity contribution in [1.82, 2.24) is 9.97 Å². The van der Waals surface area contributed by atoms with Gasteiger partial charge in [-0.15, -0.1) is 0 Å². The Labute approximate surface area is 98.5 Å². The summed E-state index contributed by atoms with van der Waals surface area (Å²) in [7, 11) is 0. The van der Waals surface area contributed by atoms with Gasteiger partial charge in [0.2, 0.25) is 0 Å². The first-order chi connectivity index (χ1) is 8.06. The topological polar surface area (TPSA) is 79.1 Å². The summed E-state index contributed by atoms with van der Waals surface area (Å²) in [6.45, 7) is 3.52. The zero-order valence-corrected chi connectivity index (χ0v) is 9.73. The fourth-order valence-corrected chi connectivity index (χ4v) is 1.55. The number of H-pyrrole nitrogens is 1. The van der Waals surface area contributed by atoms with Crippen LogP contribution in [-0.4, -0.2) is 21.0 Å². The summed E-state index contributed by atoms with van der Waals surface area (Å²) in [6, 6.07) is 3.73. The van der Waals surface area contributed by atoms with Crippen molar-refractivity contribution in [2.75, 3.05) is 0 Å². The molecule has 1 atom stereocenters. The number of nitrogens with one attached hydrogen (secondary N) is 1. The standard InChI is InChI=1S/C12H14N2O3/c1-7(12(15)16)5-11-13-6-9(14-11)10-4-3-8(2)17-10/h3-4,6-7H,5H2,1-2H3,(H,13,14)(H,15,16). The Morgan fingerprint density at radius 2 is 2.35 bits per heavy atom. The van der Waals surface area contributed by atoms with Crippen LogP contribution in [0.5, 0.6) is 0 Å². The highest BCUT2D eigenvalue weighted by Gasteiger charge is 2.14. The van der Waals surface area contributed by atoms with Crippen molar-refractivity contribution in [2.24, 2.45) is 5.92 Å². The minimum Gasteiger partial charge on any atom is -0.481 e. The van der Waals surface area contributed by atoms with Crippen molar-refractivity contribution >= 4 is 5.97 Å². The van der Waals surface area contributed by atoms with Crippen LogP contribution in [0.3, 0.4) is 0 Å². The largest absolute Gasteiger partial charge is 0.481 e. The van der Waals surface area contributed by atoms with Crippen LogP contribution in [-0.2, 0) is 11.2 Å². The van der Waals surface area contributed by atoms with E-state index in [4.69, 9.17) is 9.52 Å². The maximum atomic E-state index is 10.7. The van der Waals surface area contributed by atoms with Gasteiger partial charge in [-0.2, -0.15) is 0 Å². The van der Waals surface area contributed by atoms with Crippen molar-refractivity contribution in [3.8, 4) is 11.5 Å². The molecule has 0 aliphatic heterocycles. The molecule has 2 heterocycles. The number of aromatic nitrogens is 2. The maximum Gasteiger partial charge on any atom is 0.306 e. The van der Waals surface area contributed by atoms with Gasteiger partial charge in [-0.1, -0.05) is 6.92 Å². The highest BCUT2D eigenvalue weighted by atomic mass is 16.4. The lowest BCUT2D eigenvalue weighted by atomic mass is 10.1. The lowest BCUT2D eigenvalue weighted by molar-refractivity contribution is -0.141. The van der Waals surface area contributed by atoms with E-state index in [1.165, 1.54) is 0 Å². The lowest BCUT2D eigenvalue weighted by Crippen LogP contribution is -2.12. The molecule has 0 saturated carbocycles. The first kappa shape index (κ1) is 11.4. The number of aromatic amines is 1. The highest BCUT2D eigenvalue weighted by Crippen LogP contribution is 2.20. The number of furan rings is 1. The molecule has 17 heavy (non-hydrogen) atoms. The predicted molar refractivity (Wildman–Crippen MR) is 61.5 cm³/mol. The first-order valence-corrected chi connectivity index (χ1v) is 5.39. The average molecular weight is 234 g/mol. The number of carbonyl (C=O) groups is 1. The predicted octanol–water partition coefficient (Wildman–Crippen LogP) is 2.24. The van der Waals surface area contributed by atoms with E-state index in [1.807, 2.05) is 19.1 Å². The minimum absolute atomic E-state index is 0.384. The van der Waals surface area contributed by atoms with Crippen LogP contribution in [0.1, 0.15) is 18.5 Å². The number of carboxylic acid groups (broad SMARTS) is 1. The molecular formula is C12H14N2O3. The quantitative estimate of drug-likeness (QED) is 0.850. The summed E-state index contributed by atoms with van der Waals surface area (Å²) < 4.78 is 5.45. The van der Waals surface area contributed by atoms with Crippen LogP contribution >= 0.6 is 0 Å². The van der Waals surface area contributed by atoms with Crippen molar-refractivity contribution in [1.29, 1.82) is 0 Å². The molecular weight excluding hydrogens is 220 g/mol. The fourth-order valence-electron chi connectivity index (χ4n) is 1.55. The molecule has 2 aromatic heterocycles. The highest BCUT2D eigenvalue weighted by molar-refractivity contribution is 5.69. The number of rotatable bonds is 4. The van der Waals surface area contributed by atoms with Gasteiger partial charge in [0.05, 0.1) is 12.1 Å². The summed E-state index contributed by atoms with van der Waals surface area (Å²) in [5, 5.41) is 8.81. The van der Waals surface area contributed by atoms with Gasteiger partial charge in [-0.05, 0) is 19.1 Å². The second-order valence-electron chi connectivity index (χ2n) is 4.10. The van der Waals surface area contributed by atoms with Crippen LogP contribution < -0.4 is 0 Å². The second-order valence-corrected chi connectivity index (χ2v) is 4.10. The van der Waals surface area contributed by atoms with E-state index in [0.29, 0.717) is 18.0 Å². The molecule has 0 aliphatic rings. The van der Waals surface area contributed by atoms with Gasteiger partial charge in [0.25, 0.3) is 0 Å². The van der Waals surface area contributed by atoms with Crippen molar-refractivity contribution in [2.45, 2.75) is 20.3 Å². The molecule has 90 valence electrons. The maximum absolute atomic E-state index is 10.7. The minimum atomic E-state index is -0.822. The fraction of sp³-hybridized carbons (Fsp3) is 0.333. The third-order valence-corrected chi connectivity index (χ3v) is 2.56. The number of aliphatic carboxylic acids is 1. The number of nitrogens with zero attached hydrogens (tertiary/aromatic N) is 1. The van der Waals surface area contributed by atoms with E-state index in [0.717, 1.165) is 11.5 Å². The molecule has 2 N–H and O–H groups in total. The number of imidazole rings is 1. The molecule has 2 rings (SSSR count). The zero-order valence-electron chi connectivity index (χ0n) is 9.73. The second kappa shape index (κ2) is 4.45. The number of carboxylic acids is 1. The molecule has 0 bridgehead atoms. The van der Waals surface area contributed by atoms with E-state index in [2.05, 4.69) is 9.97 Å². The lowest BCUT2D eigenvalue weighted by Gasteiger charge is -2.01. The average Bonchev–Trinajstić information content (AvgIpc) is 2.86. The van der Waals surface area contributed by atoms with E-state index in [1.54, 1.807) is 13.1 Å². The van der Waals surface area contributed by atoms with E-state index in [9.17, 15) is 4.79 Å². The van der Waals surface area contributed by atoms with Gasteiger partial charge in [-0.3, -0.25) is 4.79 Å². The zero-order chi connectivity index (χ0) is 12.4. The van der Waals surface area contributed by atoms with Gasteiger partial charge in [0, 0.05) is 6.42 Å². The van der Waals surface area contributed by atoms with Gasteiger partial charge >= 0.3 is 5.97 Å². The molecule has 5 heteroatoms. The number of hydrogen-bond donors (Lipinski definition) is 2. The molecule has 5 nitrogen and oxygen atoms in total. The van der Waals surface area contributed by atoms with E-state index >= 15 is 0 Å². The number of aryl methyl sites for hydroxylation is 1. The van der Waals surface area contributed by atoms with Crippen molar-refractivity contribution in [3.05, 3.63) is 29.9 Å². The van der Waals surface area contributed by atoms with Crippen molar-refractivity contribution in [3.63, 3.8) is 0 Å². The molecule has 0 fully saturated rings. The summed E-state index contributed by atoms with van der Waals surface area (Å²) in [6.07, 6.45) is 2.04. The normalized spacial score (nSPS) is 12.6.